The largest absolute Gasteiger partial charge is 0.501 e. The van der Waals surface area contributed by atoms with Gasteiger partial charge in [-0.2, -0.15) is 0 Å². The minimum Gasteiger partial charge on any atom is -0.501 e. The zero-order valence-corrected chi connectivity index (χ0v) is 31.8. The smallest absolute Gasteiger partial charge is 0.120 e. The van der Waals surface area contributed by atoms with E-state index in [2.05, 4.69) is 139 Å². The van der Waals surface area contributed by atoms with E-state index in [1.165, 1.54) is 21.5 Å². The van der Waals surface area contributed by atoms with Crippen molar-refractivity contribution in [2.24, 2.45) is 0 Å². The molecule has 0 bridgehead atoms. The molecule has 1 radical (unpaired) electrons. The van der Waals surface area contributed by atoms with Crippen LogP contribution >= 0.6 is 0 Å². The number of hydrogen-bond donors (Lipinski definition) is 0. The molecular weight excluding hydrogens is 807 g/mol. The quantitative estimate of drug-likeness (QED) is 0.131. The molecular formula is C44H35IrN3OSi-2. The Labute approximate surface area is 306 Å². The Balaban J connectivity index is 0.000000186. The molecule has 0 fully saturated rings. The number of aryl methyl sites for hydroxylation is 1. The zero-order valence-electron chi connectivity index (χ0n) is 28.4. The predicted octanol–water partition coefficient (Wildman–Crippen LogP) is 10.9. The van der Waals surface area contributed by atoms with Crippen molar-refractivity contribution in [1.29, 1.82) is 0 Å². The van der Waals surface area contributed by atoms with Gasteiger partial charge in [-0.15, -0.1) is 54.1 Å². The number of pyridine rings is 1. The van der Waals surface area contributed by atoms with E-state index in [9.17, 15) is 0 Å². The molecule has 9 rings (SSSR count). The molecule has 0 N–H and O–H groups in total. The first-order chi connectivity index (χ1) is 23.8. The van der Waals surface area contributed by atoms with Gasteiger partial charge >= 0.3 is 0 Å². The van der Waals surface area contributed by atoms with E-state index < -0.39 is 8.07 Å². The van der Waals surface area contributed by atoms with Gasteiger partial charge in [0.05, 0.1) is 30.5 Å². The third-order valence-electron chi connectivity index (χ3n) is 9.02. The van der Waals surface area contributed by atoms with Crippen LogP contribution in [0.25, 0.3) is 72.1 Å². The number of fused-ring (bicyclic) bond motifs is 5. The third kappa shape index (κ3) is 6.22. The summed E-state index contributed by atoms with van der Waals surface area (Å²) in [7, 11) is -1.27. The van der Waals surface area contributed by atoms with Gasteiger partial charge in [0, 0.05) is 37.4 Å². The number of imidazole rings is 1. The van der Waals surface area contributed by atoms with Crippen LogP contribution in [0.4, 0.5) is 0 Å². The number of rotatable bonds is 4. The minimum atomic E-state index is -1.27. The van der Waals surface area contributed by atoms with Gasteiger partial charge < -0.3 is 14.0 Å². The van der Waals surface area contributed by atoms with E-state index in [1.54, 1.807) is 0 Å². The molecule has 0 amide bonds. The number of hydrogen-bond acceptors (Lipinski definition) is 3. The Bertz CT molecular complexity index is 2620. The van der Waals surface area contributed by atoms with E-state index in [-0.39, 0.29) is 20.1 Å². The van der Waals surface area contributed by atoms with Crippen molar-refractivity contribution in [2.45, 2.75) is 26.6 Å². The summed E-state index contributed by atoms with van der Waals surface area (Å²) in [5.74, 6) is 0.825. The summed E-state index contributed by atoms with van der Waals surface area (Å²) in [4.78, 5) is 9.61. The Hall–Kier alpha value is -5.13. The van der Waals surface area contributed by atoms with Crippen LogP contribution in [0.1, 0.15) is 5.56 Å². The van der Waals surface area contributed by atoms with Crippen molar-refractivity contribution in [3.05, 3.63) is 157 Å². The molecule has 4 nitrogen and oxygen atoms in total. The SMILES string of the molecule is Cc1cc(-c2[c-]cccc2)ncc1[Si](C)(C)C.[Ir].[c-]1ccc2c(oc3ccccc32)c1-c1nc2ccccc2n1-c1ccc2ccccc2c1. The van der Waals surface area contributed by atoms with Gasteiger partial charge in [-0.25, -0.2) is 0 Å². The number of aromatic nitrogens is 3. The van der Waals surface area contributed by atoms with Crippen molar-refractivity contribution in [3.63, 3.8) is 0 Å². The molecule has 0 unspecified atom stereocenters. The van der Waals surface area contributed by atoms with Crippen molar-refractivity contribution in [3.8, 4) is 28.3 Å². The number of furan rings is 1. The summed E-state index contributed by atoms with van der Waals surface area (Å²) < 4.78 is 8.52. The maximum absolute atomic E-state index is 6.31. The molecule has 0 aliphatic heterocycles. The Morgan fingerprint density at radius 1 is 0.700 bits per heavy atom. The fraction of sp³-hybridized carbons (Fsp3) is 0.0909. The molecule has 3 heterocycles. The van der Waals surface area contributed by atoms with Gasteiger partial charge in [-0.3, -0.25) is 4.98 Å². The predicted molar refractivity (Wildman–Crippen MR) is 206 cm³/mol. The van der Waals surface area contributed by atoms with Crippen molar-refractivity contribution >= 4 is 57.0 Å². The van der Waals surface area contributed by atoms with Crippen LogP contribution in [-0.2, 0) is 20.1 Å². The summed E-state index contributed by atoms with van der Waals surface area (Å²) in [6.45, 7) is 9.24. The molecule has 3 aromatic heterocycles. The van der Waals surface area contributed by atoms with Crippen LogP contribution in [0.3, 0.4) is 0 Å². The van der Waals surface area contributed by atoms with E-state index in [1.807, 2.05) is 48.5 Å². The molecule has 0 saturated heterocycles. The summed E-state index contributed by atoms with van der Waals surface area (Å²) in [6.07, 6.45) is 2.05. The number of para-hydroxylation sites is 3. The van der Waals surface area contributed by atoms with Gasteiger partial charge in [0.25, 0.3) is 0 Å². The maximum atomic E-state index is 6.31. The molecule has 6 heteroatoms. The van der Waals surface area contributed by atoms with E-state index in [0.29, 0.717) is 0 Å². The van der Waals surface area contributed by atoms with Crippen LogP contribution in [0.15, 0.2) is 144 Å². The van der Waals surface area contributed by atoms with Crippen LogP contribution in [0.2, 0.25) is 19.6 Å². The Kier molecular flexibility index (Phi) is 9.10. The van der Waals surface area contributed by atoms with Crippen LogP contribution in [-0.4, -0.2) is 22.6 Å². The van der Waals surface area contributed by atoms with Gasteiger partial charge in [-0.1, -0.05) is 103 Å². The molecule has 247 valence electrons. The average molecular weight is 842 g/mol. The van der Waals surface area contributed by atoms with E-state index in [4.69, 9.17) is 9.40 Å². The molecule has 0 saturated carbocycles. The fourth-order valence-electron chi connectivity index (χ4n) is 6.67. The second-order valence-electron chi connectivity index (χ2n) is 13.4. The first-order valence-electron chi connectivity index (χ1n) is 16.6. The number of benzene rings is 6. The van der Waals surface area contributed by atoms with Crippen molar-refractivity contribution in [2.75, 3.05) is 0 Å². The number of nitrogens with zero attached hydrogens (tertiary/aromatic N) is 3. The van der Waals surface area contributed by atoms with Crippen molar-refractivity contribution < 1.29 is 24.5 Å². The molecule has 9 aromatic rings. The molecule has 0 aliphatic carbocycles. The fourth-order valence-corrected chi connectivity index (χ4v) is 8.38. The van der Waals surface area contributed by atoms with E-state index in [0.717, 1.165) is 61.3 Å². The Morgan fingerprint density at radius 2 is 1.46 bits per heavy atom. The Morgan fingerprint density at radius 3 is 2.26 bits per heavy atom. The first kappa shape index (κ1) is 33.4. The van der Waals surface area contributed by atoms with Gasteiger partial charge in [-0.05, 0) is 58.9 Å². The van der Waals surface area contributed by atoms with E-state index >= 15 is 0 Å². The molecule has 50 heavy (non-hydrogen) atoms. The second-order valence-corrected chi connectivity index (χ2v) is 18.4. The molecule has 6 aromatic carbocycles. The van der Waals surface area contributed by atoms with Crippen LogP contribution in [0.5, 0.6) is 0 Å². The topological polar surface area (TPSA) is 43.9 Å². The third-order valence-corrected chi connectivity index (χ3v) is 11.2. The van der Waals surface area contributed by atoms with Crippen molar-refractivity contribution in [1.82, 2.24) is 14.5 Å². The first-order valence-corrected chi connectivity index (χ1v) is 20.1. The van der Waals surface area contributed by atoms with Gasteiger partial charge in [0.15, 0.2) is 0 Å². The summed E-state index contributed by atoms with van der Waals surface area (Å²) >= 11 is 0. The monoisotopic (exact) mass is 842 g/mol. The molecule has 0 atom stereocenters. The summed E-state index contributed by atoms with van der Waals surface area (Å²) in [6, 6.07) is 52.1. The zero-order chi connectivity index (χ0) is 33.5. The van der Waals surface area contributed by atoms with Gasteiger partial charge in [0.2, 0.25) is 0 Å². The van der Waals surface area contributed by atoms with Gasteiger partial charge in [0.1, 0.15) is 5.58 Å². The maximum Gasteiger partial charge on any atom is 0.120 e. The normalized spacial score (nSPS) is 11.4. The minimum absolute atomic E-state index is 0. The average Bonchev–Trinajstić information content (AvgIpc) is 3.70. The van der Waals surface area contributed by atoms with Crippen LogP contribution < -0.4 is 5.19 Å². The second kappa shape index (κ2) is 13.6. The standard InChI is InChI=1S/C29H17N2O.C15H18NSi.Ir/c1-2-9-20-18-21(17-16-19(20)8-1)31-26-14-5-4-13-25(26)30-29(31)24-12-7-11-23-22-10-3-6-15-27(22)32-28(23)24;1-12-10-14(13-8-6-5-7-9-13)16-11-15(12)17(2,3)4;/h1-11,13-18H;5-8,10-11H,1-4H3;/q2*-1;. The molecule has 0 spiro atoms. The summed E-state index contributed by atoms with van der Waals surface area (Å²) in [5, 5.41) is 6.03. The van der Waals surface area contributed by atoms with Crippen LogP contribution in [0, 0.1) is 19.1 Å². The molecule has 0 aliphatic rings. The summed E-state index contributed by atoms with van der Waals surface area (Å²) in [5.41, 5.74) is 9.05.